The van der Waals surface area contributed by atoms with E-state index in [9.17, 15) is 9.18 Å². The number of fused-ring (bicyclic) bond motifs is 1. The zero-order valence-corrected chi connectivity index (χ0v) is 9.95. The van der Waals surface area contributed by atoms with Crippen molar-refractivity contribution in [1.82, 2.24) is 9.38 Å². The maximum atomic E-state index is 13.3. The molecule has 0 aliphatic heterocycles. The summed E-state index contributed by atoms with van der Waals surface area (Å²) in [6.07, 6.45) is 1.24. The first kappa shape index (κ1) is 11.6. The number of esters is 1. The quantitative estimate of drug-likeness (QED) is 0.751. The number of hydrogen-bond donors (Lipinski definition) is 0. The van der Waals surface area contributed by atoms with Gasteiger partial charge in [0.1, 0.15) is 11.5 Å². The summed E-state index contributed by atoms with van der Waals surface area (Å²) in [5, 5.41) is 0. The number of pyridine rings is 1. The zero-order valence-electron chi connectivity index (χ0n) is 9.95. The molecule has 0 bridgehead atoms. The Balaban J connectivity index is 2.70. The largest absolute Gasteiger partial charge is 0.461 e. The smallest absolute Gasteiger partial charge is 0.357 e. The molecule has 0 aromatic carbocycles. The highest BCUT2D eigenvalue weighted by atomic mass is 19.1. The van der Waals surface area contributed by atoms with Crippen LogP contribution in [0.3, 0.4) is 0 Å². The Morgan fingerprint density at radius 1 is 1.53 bits per heavy atom. The van der Waals surface area contributed by atoms with Gasteiger partial charge in [0.2, 0.25) is 0 Å². The lowest BCUT2D eigenvalue weighted by molar-refractivity contribution is 0.0517. The molecule has 0 radical (unpaired) electrons. The monoisotopic (exact) mass is 236 g/mol. The molecule has 2 rings (SSSR count). The summed E-state index contributed by atoms with van der Waals surface area (Å²) >= 11 is 0. The summed E-state index contributed by atoms with van der Waals surface area (Å²) in [7, 11) is 0. The lowest BCUT2D eigenvalue weighted by Crippen LogP contribution is -2.09. The first-order valence-electron chi connectivity index (χ1n) is 5.36. The fourth-order valence-corrected chi connectivity index (χ4v) is 1.83. The van der Waals surface area contributed by atoms with Gasteiger partial charge in [0.25, 0.3) is 0 Å². The number of carbonyl (C=O) groups is 1. The Morgan fingerprint density at radius 2 is 2.24 bits per heavy atom. The number of imidazole rings is 1. The van der Waals surface area contributed by atoms with Crippen LogP contribution in [0.2, 0.25) is 0 Å². The third-order valence-corrected chi connectivity index (χ3v) is 2.51. The van der Waals surface area contributed by atoms with Crippen molar-refractivity contribution in [1.29, 1.82) is 0 Å². The van der Waals surface area contributed by atoms with Crippen LogP contribution < -0.4 is 0 Å². The molecule has 0 amide bonds. The molecule has 0 unspecified atom stereocenters. The van der Waals surface area contributed by atoms with E-state index in [1.54, 1.807) is 20.8 Å². The molecule has 90 valence electrons. The van der Waals surface area contributed by atoms with Crippen LogP contribution in [0.1, 0.15) is 28.7 Å². The van der Waals surface area contributed by atoms with E-state index in [2.05, 4.69) is 4.98 Å². The van der Waals surface area contributed by atoms with Gasteiger partial charge in [-0.15, -0.1) is 0 Å². The third kappa shape index (κ3) is 1.88. The molecule has 4 nitrogen and oxygen atoms in total. The number of aromatic nitrogens is 2. The van der Waals surface area contributed by atoms with Crippen LogP contribution in [0, 0.1) is 19.7 Å². The molecule has 0 aliphatic carbocycles. The van der Waals surface area contributed by atoms with Crippen molar-refractivity contribution in [3.05, 3.63) is 35.0 Å². The number of halogens is 1. The average molecular weight is 236 g/mol. The lowest BCUT2D eigenvalue weighted by atomic mass is 10.3. The normalized spacial score (nSPS) is 10.8. The van der Waals surface area contributed by atoms with Gasteiger partial charge in [-0.05, 0) is 32.4 Å². The molecule has 0 fully saturated rings. The number of rotatable bonds is 2. The number of nitrogens with zero attached hydrogens (tertiary/aromatic N) is 2. The fraction of sp³-hybridized carbons (Fsp3) is 0.333. The van der Waals surface area contributed by atoms with E-state index in [1.807, 2.05) is 0 Å². The third-order valence-electron chi connectivity index (χ3n) is 2.51. The van der Waals surface area contributed by atoms with Crippen LogP contribution in [0.4, 0.5) is 4.39 Å². The van der Waals surface area contributed by atoms with Gasteiger partial charge in [-0.1, -0.05) is 0 Å². The molecular weight excluding hydrogens is 223 g/mol. The highest BCUT2D eigenvalue weighted by Gasteiger charge is 2.19. The molecule has 17 heavy (non-hydrogen) atoms. The Hall–Kier alpha value is -1.91. The first-order chi connectivity index (χ1) is 8.04. The molecular formula is C12H13FN2O2. The van der Waals surface area contributed by atoms with E-state index in [4.69, 9.17) is 4.74 Å². The highest BCUT2D eigenvalue weighted by Crippen LogP contribution is 2.17. The van der Waals surface area contributed by atoms with E-state index < -0.39 is 11.8 Å². The molecule has 0 atom stereocenters. The second kappa shape index (κ2) is 4.16. The summed E-state index contributed by atoms with van der Waals surface area (Å²) in [5.41, 5.74) is 2.08. The predicted molar refractivity (Wildman–Crippen MR) is 60.6 cm³/mol. The predicted octanol–water partition coefficient (Wildman–Crippen LogP) is 2.27. The van der Waals surface area contributed by atoms with E-state index in [1.165, 1.54) is 16.7 Å². The zero-order chi connectivity index (χ0) is 12.6. The van der Waals surface area contributed by atoms with Gasteiger partial charge in [0.15, 0.2) is 5.69 Å². The Kier molecular flexibility index (Phi) is 2.83. The fourth-order valence-electron chi connectivity index (χ4n) is 1.83. The second-order valence-corrected chi connectivity index (χ2v) is 3.80. The van der Waals surface area contributed by atoms with E-state index in [0.717, 1.165) is 0 Å². The van der Waals surface area contributed by atoms with Gasteiger partial charge in [0.05, 0.1) is 12.3 Å². The molecule has 0 saturated heterocycles. The van der Waals surface area contributed by atoms with Crippen LogP contribution in [0.15, 0.2) is 12.3 Å². The van der Waals surface area contributed by atoms with Gasteiger partial charge in [0, 0.05) is 6.20 Å². The topological polar surface area (TPSA) is 43.6 Å². The molecule has 0 spiro atoms. The summed E-state index contributed by atoms with van der Waals surface area (Å²) in [6, 6.07) is 1.39. The lowest BCUT2D eigenvalue weighted by Gasteiger charge is -2.03. The maximum absolute atomic E-state index is 13.3. The Bertz CT molecular complexity index is 590. The first-order valence-corrected chi connectivity index (χ1v) is 5.36. The van der Waals surface area contributed by atoms with Crippen molar-refractivity contribution in [2.45, 2.75) is 20.8 Å². The minimum atomic E-state index is -0.484. The van der Waals surface area contributed by atoms with Crippen molar-refractivity contribution in [3.8, 4) is 0 Å². The van der Waals surface area contributed by atoms with Crippen LogP contribution in [-0.4, -0.2) is 22.0 Å². The van der Waals surface area contributed by atoms with E-state index in [-0.39, 0.29) is 12.3 Å². The summed E-state index contributed by atoms with van der Waals surface area (Å²) in [4.78, 5) is 16.0. The highest BCUT2D eigenvalue weighted by molar-refractivity contribution is 5.90. The van der Waals surface area contributed by atoms with E-state index >= 15 is 0 Å². The molecule has 2 aromatic rings. The van der Waals surface area contributed by atoms with Crippen molar-refractivity contribution < 1.29 is 13.9 Å². The Labute approximate surface area is 98.0 Å². The molecule has 5 heteroatoms. The number of aryl methyl sites for hydroxylation is 2. The van der Waals surface area contributed by atoms with Gasteiger partial charge in [-0.3, -0.25) is 4.40 Å². The van der Waals surface area contributed by atoms with Crippen LogP contribution >= 0.6 is 0 Å². The number of ether oxygens (including phenoxy) is 1. The molecule has 0 N–H and O–H groups in total. The van der Waals surface area contributed by atoms with Crippen molar-refractivity contribution in [3.63, 3.8) is 0 Å². The Morgan fingerprint density at radius 3 is 2.88 bits per heavy atom. The molecule has 2 heterocycles. The SMILES string of the molecule is CCOC(=O)c1c(C)nc2c(C)cc(F)cn12. The maximum Gasteiger partial charge on any atom is 0.357 e. The minimum absolute atomic E-state index is 0.278. The summed E-state index contributed by atoms with van der Waals surface area (Å²) in [6.45, 7) is 5.46. The van der Waals surface area contributed by atoms with Crippen molar-refractivity contribution >= 4 is 11.6 Å². The summed E-state index contributed by atoms with van der Waals surface area (Å²) < 4.78 is 19.7. The average Bonchev–Trinajstić information content (AvgIpc) is 2.55. The van der Waals surface area contributed by atoms with Crippen LogP contribution in [-0.2, 0) is 4.74 Å². The summed E-state index contributed by atoms with van der Waals surface area (Å²) in [5.74, 6) is -0.888. The van der Waals surface area contributed by atoms with Crippen LogP contribution in [0.25, 0.3) is 5.65 Å². The van der Waals surface area contributed by atoms with Gasteiger partial charge in [-0.2, -0.15) is 0 Å². The minimum Gasteiger partial charge on any atom is -0.461 e. The van der Waals surface area contributed by atoms with Gasteiger partial charge < -0.3 is 4.74 Å². The molecule has 0 aliphatic rings. The van der Waals surface area contributed by atoms with Gasteiger partial charge >= 0.3 is 5.97 Å². The molecule has 0 saturated carbocycles. The van der Waals surface area contributed by atoms with Gasteiger partial charge in [-0.25, -0.2) is 14.2 Å². The van der Waals surface area contributed by atoms with Crippen LogP contribution in [0.5, 0.6) is 0 Å². The second-order valence-electron chi connectivity index (χ2n) is 3.80. The standard InChI is InChI=1S/C12H13FN2O2/c1-4-17-12(16)10-8(3)14-11-7(2)5-9(13)6-15(10)11/h5-6H,4H2,1-3H3. The molecule has 2 aromatic heterocycles. The number of carbonyl (C=O) groups excluding carboxylic acids is 1. The van der Waals surface area contributed by atoms with E-state index in [0.29, 0.717) is 16.9 Å². The van der Waals surface area contributed by atoms with Crippen molar-refractivity contribution in [2.24, 2.45) is 0 Å². The van der Waals surface area contributed by atoms with Crippen molar-refractivity contribution in [2.75, 3.05) is 6.61 Å². The number of hydrogen-bond acceptors (Lipinski definition) is 3.